The zero-order chi connectivity index (χ0) is 14.4. The molecule has 1 N–H and O–H groups in total. The average molecular weight is 294 g/mol. The lowest BCUT2D eigenvalue weighted by molar-refractivity contribution is 0.326. The van der Waals surface area contributed by atoms with E-state index in [0.29, 0.717) is 30.0 Å². The molecule has 0 unspecified atom stereocenters. The number of aromatic nitrogens is 2. The summed E-state index contributed by atoms with van der Waals surface area (Å²) in [5, 5.41) is 3.75. The van der Waals surface area contributed by atoms with Crippen molar-refractivity contribution in [2.45, 2.75) is 13.5 Å². The highest BCUT2D eigenvalue weighted by atomic mass is 35.5. The van der Waals surface area contributed by atoms with Gasteiger partial charge in [0.05, 0.1) is 13.7 Å². The number of anilines is 1. The minimum atomic E-state index is 0.471. The Morgan fingerprint density at radius 3 is 2.90 bits per heavy atom. The maximum Gasteiger partial charge on any atom is 0.226 e. The van der Waals surface area contributed by atoms with Gasteiger partial charge in [-0.1, -0.05) is 17.7 Å². The fraction of sp³-hybridized carbons (Fsp3) is 0.286. The Morgan fingerprint density at radius 1 is 1.30 bits per heavy atom. The van der Waals surface area contributed by atoms with Crippen LogP contribution in [0.25, 0.3) is 0 Å². The average Bonchev–Trinajstić information content (AvgIpc) is 2.46. The quantitative estimate of drug-likeness (QED) is 0.886. The molecule has 0 atom stereocenters. The topological polar surface area (TPSA) is 56.3 Å². The molecule has 2 aromatic rings. The Morgan fingerprint density at radius 2 is 2.15 bits per heavy atom. The second-order valence-corrected chi connectivity index (χ2v) is 4.33. The summed E-state index contributed by atoms with van der Waals surface area (Å²) in [7, 11) is 1.61. The van der Waals surface area contributed by atoms with Crippen LogP contribution in [0.3, 0.4) is 0 Å². The fourth-order valence-corrected chi connectivity index (χ4v) is 1.96. The molecule has 0 saturated heterocycles. The van der Waals surface area contributed by atoms with Crippen LogP contribution < -0.4 is 14.8 Å². The fourth-order valence-electron chi connectivity index (χ4n) is 1.72. The molecule has 1 aromatic heterocycles. The number of benzene rings is 1. The van der Waals surface area contributed by atoms with Crippen LogP contribution in [0.15, 0.2) is 30.5 Å². The van der Waals surface area contributed by atoms with Crippen molar-refractivity contribution in [3.05, 3.63) is 41.0 Å². The molecule has 1 heterocycles. The lowest BCUT2D eigenvalue weighted by atomic mass is 10.2. The van der Waals surface area contributed by atoms with Gasteiger partial charge in [-0.05, 0) is 19.1 Å². The molecule has 106 valence electrons. The van der Waals surface area contributed by atoms with Gasteiger partial charge in [0.1, 0.15) is 5.75 Å². The van der Waals surface area contributed by atoms with E-state index in [0.717, 1.165) is 11.3 Å². The number of ether oxygens (including phenoxy) is 2. The van der Waals surface area contributed by atoms with Crippen molar-refractivity contribution in [2.75, 3.05) is 19.0 Å². The lowest BCUT2D eigenvalue weighted by Crippen LogP contribution is -2.06. The van der Waals surface area contributed by atoms with Crippen molar-refractivity contribution in [3.63, 3.8) is 0 Å². The van der Waals surface area contributed by atoms with Crippen LogP contribution in [-0.4, -0.2) is 23.7 Å². The predicted octanol–water partition coefficient (Wildman–Crippen LogP) is 3.15. The van der Waals surface area contributed by atoms with Crippen molar-refractivity contribution in [1.82, 2.24) is 9.97 Å². The highest BCUT2D eigenvalue weighted by Crippen LogP contribution is 2.26. The molecule has 5 nitrogen and oxygen atoms in total. The molecule has 0 aliphatic carbocycles. The number of methoxy groups -OCH3 is 1. The van der Waals surface area contributed by atoms with Crippen molar-refractivity contribution in [3.8, 4) is 11.6 Å². The molecule has 0 fully saturated rings. The molecule has 0 aliphatic heterocycles. The van der Waals surface area contributed by atoms with E-state index >= 15 is 0 Å². The van der Waals surface area contributed by atoms with Gasteiger partial charge in [0.2, 0.25) is 11.8 Å². The van der Waals surface area contributed by atoms with Crippen LogP contribution in [-0.2, 0) is 6.54 Å². The summed E-state index contributed by atoms with van der Waals surface area (Å²) in [6, 6.07) is 7.24. The highest BCUT2D eigenvalue weighted by Gasteiger charge is 2.08. The van der Waals surface area contributed by atoms with Gasteiger partial charge in [-0.3, -0.25) is 0 Å². The summed E-state index contributed by atoms with van der Waals surface area (Å²) >= 11 is 6.17. The Labute approximate surface area is 122 Å². The van der Waals surface area contributed by atoms with E-state index in [1.807, 2.05) is 25.1 Å². The third kappa shape index (κ3) is 3.51. The second kappa shape index (κ2) is 6.96. The van der Waals surface area contributed by atoms with E-state index in [9.17, 15) is 0 Å². The molecule has 20 heavy (non-hydrogen) atoms. The van der Waals surface area contributed by atoms with Gasteiger partial charge >= 0.3 is 0 Å². The van der Waals surface area contributed by atoms with E-state index < -0.39 is 0 Å². The first-order chi connectivity index (χ1) is 9.74. The van der Waals surface area contributed by atoms with Gasteiger partial charge in [0, 0.05) is 29.4 Å². The van der Waals surface area contributed by atoms with E-state index in [1.54, 1.807) is 19.4 Å². The first-order valence-corrected chi connectivity index (χ1v) is 6.63. The maximum atomic E-state index is 6.17. The predicted molar refractivity (Wildman–Crippen MR) is 78.5 cm³/mol. The first kappa shape index (κ1) is 14.4. The molecule has 6 heteroatoms. The molecule has 0 saturated carbocycles. The zero-order valence-corrected chi connectivity index (χ0v) is 12.1. The number of hydrogen-bond donors (Lipinski definition) is 1. The minimum absolute atomic E-state index is 0.471. The molecule has 0 bridgehead atoms. The summed E-state index contributed by atoms with van der Waals surface area (Å²) in [6.07, 6.45) is 1.64. The van der Waals surface area contributed by atoms with E-state index in [-0.39, 0.29) is 0 Å². The number of halogens is 1. The largest absolute Gasteiger partial charge is 0.496 e. The van der Waals surface area contributed by atoms with Crippen molar-refractivity contribution < 1.29 is 9.47 Å². The normalized spacial score (nSPS) is 10.2. The van der Waals surface area contributed by atoms with Crippen molar-refractivity contribution in [2.24, 2.45) is 0 Å². The molecule has 0 spiro atoms. The summed E-state index contributed by atoms with van der Waals surface area (Å²) in [5.74, 6) is 1.75. The summed E-state index contributed by atoms with van der Waals surface area (Å²) in [5.41, 5.74) is 0.863. The van der Waals surface area contributed by atoms with Crippen molar-refractivity contribution >= 4 is 17.5 Å². The van der Waals surface area contributed by atoms with Crippen LogP contribution in [0.4, 0.5) is 5.95 Å². The molecule has 0 radical (unpaired) electrons. The van der Waals surface area contributed by atoms with Gasteiger partial charge in [-0.25, -0.2) is 4.98 Å². The Balaban J connectivity index is 2.10. The SMILES string of the molecule is CCOc1ccnc(NCc2c(Cl)cccc2OC)n1. The second-order valence-electron chi connectivity index (χ2n) is 3.93. The summed E-state index contributed by atoms with van der Waals surface area (Å²) in [6.45, 7) is 2.94. The third-order valence-corrected chi connectivity index (χ3v) is 3.00. The monoisotopic (exact) mass is 293 g/mol. The van der Waals surface area contributed by atoms with Gasteiger partial charge in [0.15, 0.2) is 0 Å². The van der Waals surface area contributed by atoms with Crippen LogP contribution >= 0.6 is 11.6 Å². The van der Waals surface area contributed by atoms with Crippen LogP contribution in [0.2, 0.25) is 5.02 Å². The van der Waals surface area contributed by atoms with Crippen LogP contribution in [0.1, 0.15) is 12.5 Å². The lowest BCUT2D eigenvalue weighted by Gasteiger charge is -2.11. The first-order valence-electron chi connectivity index (χ1n) is 6.25. The number of rotatable bonds is 6. The van der Waals surface area contributed by atoms with Gasteiger partial charge < -0.3 is 14.8 Å². The summed E-state index contributed by atoms with van der Waals surface area (Å²) < 4.78 is 10.6. The molecule has 2 rings (SSSR count). The van der Waals surface area contributed by atoms with Gasteiger partial charge in [-0.2, -0.15) is 4.98 Å². The summed E-state index contributed by atoms with van der Waals surface area (Å²) in [4.78, 5) is 8.37. The number of hydrogen-bond acceptors (Lipinski definition) is 5. The van der Waals surface area contributed by atoms with Gasteiger partial charge in [0.25, 0.3) is 0 Å². The number of nitrogens with zero attached hydrogens (tertiary/aromatic N) is 2. The Bertz CT molecular complexity index is 578. The third-order valence-electron chi connectivity index (χ3n) is 2.64. The van der Waals surface area contributed by atoms with E-state index in [1.165, 1.54) is 0 Å². The Kier molecular flexibility index (Phi) is 5.01. The molecule has 0 amide bonds. The zero-order valence-electron chi connectivity index (χ0n) is 11.4. The smallest absolute Gasteiger partial charge is 0.226 e. The van der Waals surface area contributed by atoms with Crippen molar-refractivity contribution in [1.29, 1.82) is 0 Å². The number of nitrogens with one attached hydrogen (secondary N) is 1. The standard InChI is InChI=1S/C14H16ClN3O2/c1-3-20-13-7-8-16-14(18-13)17-9-10-11(15)5-4-6-12(10)19-2/h4-8H,3,9H2,1-2H3,(H,16,17,18). The molecular weight excluding hydrogens is 278 g/mol. The van der Waals surface area contributed by atoms with Crippen LogP contribution in [0.5, 0.6) is 11.6 Å². The molecule has 0 aliphatic rings. The minimum Gasteiger partial charge on any atom is -0.496 e. The molecule has 1 aromatic carbocycles. The van der Waals surface area contributed by atoms with Gasteiger partial charge in [-0.15, -0.1) is 0 Å². The Hall–Kier alpha value is -2.01. The van der Waals surface area contributed by atoms with E-state index in [4.69, 9.17) is 21.1 Å². The van der Waals surface area contributed by atoms with E-state index in [2.05, 4.69) is 15.3 Å². The molecular formula is C14H16ClN3O2. The highest BCUT2D eigenvalue weighted by molar-refractivity contribution is 6.31. The maximum absolute atomic E-state index is 6.17. The van der Waals surface area contributed by atoms with Crippen LogP contribution in [0, 0.1) is 0 Å².